The van der Waals surface area contributed by atoms with Crippen LogP contribution in [0.15, 0.2) is 36.1 Å². The van der Waals surface area contributed by atoms with Gasteiger partial charge in [-0.15, -0.1) is 0 Å². The minimum Gasteiger partial charge on any atom is -0.511 e. The number of carbonyl (C=O) groups is 1. The lowest BCUT2D eigenvalue weighted by Gasteiger charge is -2.28. The second-order valence-corrected chi connectivity index (χ2v) is 8.83. The van der Waals surface area contributed by atoms with E-state index in [4.69, 9.17) is 11.3 Å². The fraction of sp³-hybridized carbons (Fsp3) is 0.360. The van der Waals surface area contributed by atoms with Gasteiger partial charge in [-0.05, 0) is 55.2 Å². The second-order valence-electron chi connectivity index (χ2n) is 8.83. The standard InChI is InChI=1S/C25H21F2NO3/c1-10-7-11(2)16(12(3)8-10)18-22(29)19-20(23(18)30)25-21(28-4)17(24(19)31-25)13-5-6-14(26)15(27)9-13/h5-9,17,19-21,24-25,30H,1-3H3/t17-,19-,20+,21+,24-,25-/m1/s1. The maximum absolute atomic E-state index is 13.9. The van der Waals surface area contributed by atoms with Gasteiger partial charge in [0.05, 0.1) is 29.4 Å². The Bertz CT molecular complexity index is 1190. The number of allylic oxidation sites excluding steroid dienone is 1. The number of benzene rings is 2. The van der Waals surface area contributed by atoms with Crippen LogP contribution in [0.1, 0.15) is 33.7 Å². The maximum Gasteiger partial charge on any atom is 0.259 e. The summed E-state index contributed by atoms with van der Waals surface area (Å²) in [5.74, 6) is -3.98. The van der Waals surface area contributed by atoms with Gasteiger partial charge in [-0.25, -0.2) is 15.4 Å². The van der Waals surface area contributed by atoms with Crippen molar-refractivity contribution in [1.29, 1.82) is 0 Å². The summed E-state index contributed by atoms with van der Waals surface area (Å²) in [6.07, 6.45) is -1.34. The second kappa shape index (κ2) is 6.73. The number of nitrogens with zero attached hydrogens (tertiary/aromatic N) is 1. The van der Waals surface area contributed by atoms with Gasteiger partial charge in [-0.3, -0.25) is 4.79 Å². The number of ketones is 1. The molecule has 0 radical (unpaired) electrons. The van der Waals surface area contributed by atoms with Gasteiger partial charge in [-0.1, -0.05) is 23.8 Å². The molecule has 5 rings (SSSR count). The van der Waals surface area contributed by atoms with Crippen molar-refractivity contribution < 1.29 is 23.4 Å². The van der Waals surface area contributed by atoms with Gasteiger partial charge in [-0.2, -0.15) is 0 Å². The number of hydrogen-bond acceptors (Lipinski definition) is 3. The highest BCUT2D eigenvalue weighted by atomic mass is 19.2. The zero-order valence-electron chi connectivity index (χ0n) is 17.3. The smallest absolute Gasteiger partial charge is 0.259 e. The lowest BCUT2D eigenvalue weighted by atomic mass is 9.69. The zero-order valence-corrected chi connectivity index (χ0v) is 17.3. The van der Waals surface area contributed by atoms with Crippen LogP contribution in [0.5, 0.6) is 0 Å². The van der Waals surface area contributed by atoms with Crippen molar-refractivity contribution in [2.24, 2.45) is 11.8 Å². The van der Waals surface area contributed by atoms with Gasteiger partial charge in [0.2, 0.25) is 0 Å². The summed E-state index contributed by atoms with van der Waals surface area (Å²) < 4.78 is 33.4. The van der Waals surface area contributed by atoms with Gasteiger partial charge in [0.1, 0.15) is 11.9 Å². The van der Waals surface area contributed by atoms with Crippen LogP contribution in [0.2, 0.25) is 0 Å². The number of ether oxygens (including phenoxy) is 1. The summed E-state index contributed by atoms with van der Waals surface area (Å²) in [6, 6.07) is 6.82. The Morgan fingerprint density at radius 1 is 0.968 bits per heavy atom. The third-order valence-electron chi connectivity index (χ3n) is 6.99. The van der Waals surface area contributed by atoms with Crippen molar-refractivity contribution in [2.75, 3.05) is 0 Å². The normalized spacial score (nSPS) is 31.3. The largest absolute Gasteiger partial charge is 0.511 e. The molecule has 4 nitrogen and oxygen atoms in total. The van der Waals surface area contributed by atoms with Crippen LogP contribution < -0.4 is 0 Å². The minimum atomic E-state index is -0.995. The van der Waals surface area contributed by atoms with Gasteiger partial charge in [0.15, 0.2) is 17.4 Å². The van der Waals surface area contributed by atoms with Crippen molar-refractivity contribution in [3.05, 3.63) is 87.0 Å². The molecule has 1 N–H and O–H groups in total. The Morgan fingerprint density at radius 3 is 2.26 bits per heavy atom. The first-order chi connectivity index (χ1) is 14.7. The van der Waals surface area contributed by atoms with E-state index in [2.05, 4.69) is 4.85 Å². The van der Waals surface area contributed by atoms with Crippen LogP contribution in [0.4, 0.5) is 8.78 Å². The van der Waals surface area contributed by atoms with Crippen LogP contribution in [-0.2, 0) is 9.53 Å². The third-order valence-corrected chi connectivity index (χ3v) is 6.99. The zero-order chi connectivity index (χ0) is 22.2. The number of aliphatic hydroxyl groups excluding tert-OH is 1. The van der Waals surface area contributed by atoms with Crippen LogP contribution in [0.3, 0.4) is 0 Å². The third kappa shape index (κ3) is 2.63. The van der Waals surface area contributed by atoms with E-state index in [9.17, 15) is 18.7 Å². The van der Waals surface area contributed by atoms with Crippen molar-refractivity contribution in [2.45, 2.75) is 44.9 Å². The van der Waals surface area contributed by atoms with E-state index in [0.29, 0.717) is 11.1 Å². The van der Waals surface area contributed by atoms with E-state index in [-0.39, 0.29) is 11.5 Å². The molecular weight excluding hydrogens is 400 g/mol. The lowest BCUT2D eigenvalue weighted by molar-refractivity contribution is -0.118. The molecule has 2 aromatic rings. The highest BCUT2D eigenvalue weighted by Gasteiger charge is 2.69. The van der Waals surface area contributed by atoms with Gasteiger partial charge in [0.25, 0.3) is 6.04 Å². The molecular formula is C25H21F2NO3. The predicted octanol–water partition coefficient (Wildman–Crippen LogP) is 4.83. The average Bonchev–Trinajstić information content (AvgIpc) is 3.34. The topological polar surface area (TPSA) is 50.9 Å². The van der Waals surface area contributed by atoms with E-state index < -0.39 is 47.6 Å². The SMILES string of the molecule is [C-]#[N+][C@@H]1[C@@H]2O[C@@H]([C@H]3C(=O)C(c4c(C)cc(C)cc4C)=C(O)[C@@H]23)[C@@H]1c1ccc(F)c(F)c1. The number of aliphatic hydroxyl groups is 1. The van der Waals surface area contributed by atoms with Crippen LogP contribution >= 0.6 is 0 Å². The van der Waals surface area contributed by atoms with Crippen molar-refractivity contribution in [1.82, 2.24) is 0 Å². The number of halogens is 2. The highest BCUT2D eigenvalue weighted by Crippen LogP contribution is 2.59. The molecule has 2 saturated heterocycles. The molecule has 2 heterocycles. The fourth-order valence-corrected chi connectivity index (χ4v) is 5.94. The molecule has 2 bridgehead atoms. The number of aryl methyl sites for hydroxylation is 3. The Balaban J connectivity index is 1.60. The van der Waals surface area contributed by atoms with E-state index in [0.717, 1.165) is 34.4 Å². The molecule has 0 aromatic heterocycles. The first-order valence-electron chi connectivity index (χ1n) is 10.3. The Kier molecular flexibility index (Phi) is 4.32. The number of Topliss-reactive ketones (excluding diaryl/α,β-unsaturated/α-hetero) is 1. The van der Waals surface area contributed by atoms with E-state index in [1.54, 1.807) is 0 Å². The molecule has 6 atom stereocenters. The lowest BCUT2D eigenvalue weighted by Crippen LogP contribution is -2.41. The van der Waals surface area contributed by atoms with Crippen molar-refractivity contribution in [3.63, 3.8) is 0 Å². The van der Waals surface area contributed by atoms with Gasteiger partial charge in [0, 0.05) is 0 Å². The summed E-state index contributed by atoms with van der Waals surface area (Å²) in [5, 5.41) is 11.1. The minimum absolute atomic E-state index is 0.0186. The average molecular weight is 421 g/mol. The molecule has 31 heavy (non-hydrogen) atoms. The molecule has 2 fully saturated rings. The summed E-state index contributed by atoms with van der Waals surface area (Å²) in [5.41, 5.74) is 4.34. The van der Waals surface area contributed by atoms with E-state index in [1.807, 2.05) is 32.9 Å². The number of fused-ring (bicyclic) bond motifs is 5. The number of carbonyl (C=O) groups excluding carboxylic acids is 1. The van der Waals surface area contributed by atoms with Crippen molar-refractivity contribution in [3.8, 4) is 0 Å². The van der Waals surface area contributed by atoms with Gasteiger partial charge >= 0.3 is 0 Å². The summed E-state index contributed by atoms with van der Waals surface area (Å²) >= 11 is 0. The molecule has 1 aliphatic carbocycles. The summed E-state index contributed by atoms with van der Waals surface area (Å²) in [6.45, 7) is 13.5. The monoisotopic (exact) mass is 421 g/mol. The Labute approximate surface area is 179 Å². The van der Waals surface area contributed by atoms with Crippen molar-refractivity contribution >= 4 is 11.4 Å². The first kappa shape index (κ1) is 19.9. The molecule has 3 aliphatic rings. The summed E-state index contributed by atoms with van der Waals surface area (Å²) in [7, 11) is 0. The fourth-order valence-electron chi connectivity index (χ4n) is 5.94. The molecule has 0 amide bonds. The molecule has 0 saturated carbocycles. The highest BCUT2D eigenvalue weighted by molar-refractivity contribution is 6.26. The van der Waals surface area contributed by atoms with Crippen LogP contribution in [-0.4, -0.2) is 29.1 Å². The molecule has 2 aromatic carbocycles. The van der Waals surface area contributed by atoms with E-state index >= 15 is 0 Å². The Morgan fingerprint density at radius 2 is 1.65 bits per heavy atom. The molecule has 0 unspecified atom stereocenters. The first-order valence-corrected chi connectivity index (χ1v) is 10.3. The van der Waals surface area contributed by atoms with Crippen LogP contribution in [0.25, 0.3) is 10.4 Å². The molecule has 6 heteroatoms. The summed E-state index contributed by atoms with van der Waals surface area (Å²) in [4.78, 5) is 17.3. The van der Waals surface area contributed by atoms with E-state index in [1.165, 1.54) is 6.07 Å². The van der Waals surface area contributed by atoms with Crippen LogP contribution in [0, 0.1) is 50.8 Å². The maximum atomic E-state index is 13.9. The quantitative estimate of drug-likeness (QED) is 0.707. The number of hydrogen-bond donors (Lipinski definition) is 1. The predicted molar refractivity (Wildman–Crippen MR) is 110 cm³/mol. The molecule has 2 aliphatic heterocycles. The Hall–Kier alpha value is -3.04. The molecule has 158 valence electrons. The molecule has 0 spiro atoms. The van der Waals surface area contributed by atoms with Gasteiger partial charge < -0.3 is 14.7 Å². The number of rotatable bonds is 2.